The van der Waals surface area contributed by atoms with Crippen molar-refractivity contribution in [2.24, 2.45) is 11.3 Å². The van der Waals surface area contributed by atoms with Gasteiger partial charge in [0, 0.05) is 30.3 Å². The van der Waals surface area contributed by atoms with Crippen LogP contribution in [0.5, 0.6) is 0 Å². The highest BCUT2D eigenvalue weighted by Gasteiger charge is 2.58. The van der Waals surface area contributed by atoms with Gasteiger partial charge in [0.1, 0.15) is 0 Å². The fraction of sp³-hybridized carbons (Fsp3) is 0.571. The summed E-state index contributed by atoms with van der Waals surface area (Å²) in [5, 5.41) is 8.25. The molecule has 1 unspecified atom stereocenters. The van der Waals surface area contributed by atoms with Gasteiger partial charge in [0.25, 0.3) is 0 Å². The lowest BCUT2D eigenvalue weighted by molar-refractivity contribution is 0.144. The second-order valence-corrected chi connectivity index (χ2v) is 8.80. The Kier molecular flexibility index (Phi) is 4.66. The average Bonchev–Trinajstić information content (AvgIpc) is 3.07. The van der Waals surface area contributed by atoms with Gasteiger partial charge in [-0.05, 0) is 55.8 Å². The molecular weight excluding hydrogens is 368 g/mol. The van der Waals surface area contributed by atoms with Gasteiger partial charge in [-0.25, -0.2) is 0 Å². The summed E-state index contributed by atoms with van der Waals surface area (Å²) < 4.78 is 11.0. The highest BCUT2D eigenvalue weighted by molar-refractivity contribution is 5.52. The zero-order valence-electron chi connectivity index (χ0n) is 16.9. The molecule has 8 heteroatoms. The maximum Gasteiger partial charge on any atom is 0.240 e. The summed E-state index contributed by atoms with van der Waals surface area (Å²) in [6, 6.07) is 3.84. The molecule has 1 spiro atoms. The number of hydrogen-bond acceptors (Lipinski definition) is 8. The van der Waals surface area contributed by atoms with Crippen LogP contribution in [0.3, 0.4) is 0 Å². The number of rotatable bonds is 6. The zero-order chi connectivity index (χ0) is 19.8. The van der Waals surface area contributed by atoms with E-state index in [4.69, 9.17) is 9.05 Å². The number of hydrogen-bond donors (Lipinski definition) is 0. The van der Waals surface area contributed by atoms with E-state index in [1.165, 1.54) is 0 Å². The van der Waals surface area contributed by atoms with Gasteiger partial charge in [-0.2, -0.15) is 9.97 Å². The first-order valence-corrected chi connectivity index (χ1v) is 10.4. The van der Waals surface area contributed by atoms with Crippen LogP contribution in [-0.2, 0) is 13.0 Å². The lowest BCUT2D eigenvalue weighted by atomic mass is 9.91. The Morgan fingerprint density at radius 3 is 2.79 bits per heavy atom. The predicted molar refractivity (Wildman–Crippen MR) is 105 cm³/mol. The lowest BCUT2D eigenvalue weighted by Gasteiger charge is -2.31. The quantitative estimate of drug-likeness (QED) is 0.627. The van der Waals surface area contributed by atoms with Crippen LogP contribution in [-0.4, -0.2) is 43.3 Å². The molecule has 1 aliphatic carbocycles. The minimum atomic E-state index is 0.312. The monoisotopic (exact) mass is 394 g/mol. The number of piperidine rings is 1. The van der Waals surface area contributed by atoms with Crippen molar-refractivity contribution in [3.63, 3.8) is 0 Å². The molecule has 0 N–H and O–H groups in total. The van der Waals surface area contributed by atoms with E-state index < -0.39 is 0 Å². The van der Waals surface area contributed by atoms with E-state index >= 15 is 0 Å². The normalized spacial score (nSPS) is 21.1. The van der Waals surface area contributed by atoms with Gasteiger partial charge in [-0.3, -0.25) is 9.88 Å². The van der Waals surface area contributed by atoms with Gasteiger partial charge in [0.05, 0.1) is 6.54 Å². The maximum atomic E-state index is 5.59. The number of pyridine rings is 1. The molecule has 29 heavy (non-hydrogen) atoms. The van der Waals surface area contributed by atoms with Crippen LogP contribution in [0, 0.1) is 11.3 Å². The summed E-state index contributed by atoms with van der Waals surface area (Å²) in [6.07, 6.45) is 7.77. The molecule has 152 valence electrons. The lowest BCUT2D eigenvalue weighted by Crippen LogP contribution is -2.34. The van der Waals surface area contributed by atoms with Crippen LogP contribution in [0.2, 0.25) is 0 Å². The Bertz CT molecular complexity index is 958. The van der Waals surface area contributed by atoms with Crippen molar-refractivity contribution in [1.82, 2.24) is 30.2 Å². The second kappa shape index (κ2) is 7.33. The van der Waals surface area contributed by atoms with Crippen molar-refractivity contribution < 1.29 is 9.05 Å². The van der Waals surface area contributed by atoms with E-state index in [2.05, 4.69) is 44.0 Å². The molecule has 2 fully saturated rings. The summed E-state index contributed by atoms with van der Waals surface area (Å²) in [4.78, 5) is 15.7. The SMILES string of the molecule is CC(C)Cc1noc(CN2CCC3(CC2)CC3c2nc(-c3cccnc3)no2)n1. The molecule has 3 aromatic heterocycles. The molecule has 1 atom stereocenters. The minimum Gasteiger partial charge on any atom is -0.339 e. The van der Waals surface area contributed by atoms with Crippen molar-refractivity contribution in [2.45, 2.75) is 52.0 Å². The maximum absolute atomic E-state index is 5.59. The van der Waals surface area contributed by atoms with E-state index in [9.17, 15) is 0 Å². The average molecular weight is 394 g/mol. The van der Waals surface area contributed by atoms with Gasteiger partial charge in [0.2, 0.25) is 17.6 Å². The zero-order valence-corrected chi connectivity index (χ0v) is 16.9. The van der Waals surface area contributed by atoms with Crippen LogP contribution in [0.15, 0.2) is 33.6 Å². The Hall–Kier alpha value is -2.61. The van der Waals surface area contributed by atoms with Crippen LogP contribution in [0.4, 0.5) is 0 Å². The van der Waals surface area contributed by atoms with Crippen molar-refractivity contribution in [3.05, 3.63) is 42.1 Å². The van der Waals surface area contributed by atoms with Gasteiger partial charge in [0.15, 0.2) is 5.82 Å². The smallest absolute Gasteiger partial charge is 0.240 e. The first-order valence-electron chi connectivity index (χ1n) is 10.4. The van der Waals surface area contributed by atoms with Crippen LogP contribution < -0.4 is 0 Å². The summed E-state index contributed by atoms with van der Waals surface area (Å²) >= 11 is 0. The molecular formula is C21H26N6O2. The molecule has 2 aliphatic rings. The summed E-state index contributed by atoms with van der Waals surface area (Å²) in [5.41, 5.74) is 1.20. The molecule has 4 heterocycles. The predicted octanol–water partition coefficient (Wildman–Crippen LogP) is 3.48. The molecule has 1 saturated heterocycles. The fourth-order valence-corrected chi connectivity index (χ4v) is 4.39. The van der Waals surface area contributed by atoms with Gasteiger partial charge in [-0.1, -0.05) is 24.2 Å². The molecule has 8 nitrogen and oxygen atoms in total. The third kappa shape index (κ3) is 3.81. The molecule has 1 aliphatic heterocycles. The van der Waals surface area contributed by atoms with Crippen LogP contribution in [0.25, 0.3) is 11.4 Å². The Morgan fingerprint density at radius 2 is 2.03 bits per heavy atom. The van der Waals surface area contributed by atoms with E-state index in [0.29, 0.717) is 23.1 Å². The van der Waals surface area contributed by atoms with Crippen LogP contribution >= 0.6 is 0 Å². The topological polar surface area (TPSA) is 94.0 Å². The van der Waals surface area contributed by atoms with E-state index in [-0.39, 0.29) is 0 Å². The highest BCUT2D eigenvalue weighted by atomic mass is 16.5. The second-order valence-electron chi connectivity index (χ2n) is 8.80. The Morgan fingerprint density at radius 1 is 1.17 bits per heavy atom. The number of likely N-dealkylation sites (tertiary alicyclic amines) is 1. The Labute approximate surface area is 169 Å². The Balaban J connectivity index is 1.17. The van der Waals surface area contributed by atoms with E-state index in [1.54, 1.807) is 12.4 Å². The van der Waals surface area contributed by atoms with Crippen molar-refractivity contribution in [1.29, 1.82) is 0 Å². The molecule has 5 rings (SSSR count). The highest BCUT2D eigenvalue weighted by Crippen LogP contribution is 2.64. The van der Waals surface area contributed by atoms with Crippen LogP contribution in [0.1, 0.15) is 56.6 Å². The third-order valence-electron chi connectivity index (χ3n) is 6.16. The standard InChI is InChI=1S/C21H26N6O2/c1-14(2)10-17-23-18(28-25-17)13-27-8-5-21(6-9-27)11-16(21)20-24-19(26-29-20)15-4-3-7-22-12-15/h3-4,7,12,14,16H,5-6,8-11,13H2,1-2H3. The van der Waals surface area contributed by atoms with Gasteiger partial charge < -0.3 is 9.05 Å². The summed E-state index contributed by atoms with van der Waals surface area (Å²) in [7, 11) is 0. The first kappa shape index (κ1) is 18.4. The number of nitrogens with zero attached hydrogens (tertiary/aromatic N) is 6. The summed E-state index contributed by atoms with van der Waals surface area (Å²) in [6.45, 7) is 7.12. The van der Waals surface area contributed by atoms with Crippen molar-refractivity contribution in [2.75, 3.05) is 13.1 Å². The molecule has 0 bridgehead atoms. The van der Waals surface area contributed by atoms with Crippen molar-refractivity contribution in [3.8, 4) is 11.4 Å². The number of aromatic nitrogens is 5. The first-order chi connectivity index (χ1) is 14.1. The minimum absolute atomic E-state index is 0.312. The third-order valence-corrected chi connectivity index (χ3v) is 6.16. The van der Waals surface area contributed by atoms with Crippen molar-refractivity contribution >= 4 is 0 Å². The fourth-order valence-electron chi connectivity index (χ4n) is 4.39. The molecule has 3 aromatic rings. The van der Waals surface area contributed by atoms with Gasteiger partial charge in [-0.15, -0.1) is 0 Å². The largest absolute Gasteiger partial charge is 0.339 e. The molecule has 1 saturated carbocycles. The molecule has 0 aromatic carbocycles. The molecule has 0 radical (unpaired) electrons. The van der Waals surface area contributed by atoms with Gasteiger partial charge >= 0.3 is 0 Å². The molecule has 0 amide bonds. The van der Waals surface area contributed by atoms with E-state index in [1.807, 2.05) is 12.1 Å². The van der Waals surface area contributed by atoms with E-state index in [0.717, 1.165) is 68.5 Å². The summed E-state index contributed by atoms with van der Waals surface area (Å²) in [5.74, 6) is 3.84.